The molecule has 1 aromatic carbocycles. The van der Waals surface area contributed by atoms with Gasteiger partial charge in [-0.1, -0.05) is 35.4 Å². The van der Waals surface area contributed by atoms with E-state index in [1.165, 1.54) is 0 Å². The molecule has 86 valence electrons. The van der Waals surface area contributed by atoms with Crippen molar-refractivity contribution in [3.8, 4) is 0 Å². The molecule has 0 heterocycles. The fourth-order valence-corrected chi connectivity index (χ4v) is 2.10. The van der Waals surface area contributed by atoms with Crippen molar-refractivity contribution in [1.29, 1.82) is 0 Å². The largest absolute Gasteiger partial charge is 0.384 e. The average Bonchev–Trinajstić information content (AvgIpc) is 2.22. The molecule has 0 unspecified atom stereocenters. The van der Waals surface area contributed by atoms with Gasteiger partial charge in [-0.2, -0.15) is 0 Å². The summed E-state index contributed by atoms with van der Waals surface area (Å²) in [5, 5.41) is 11.5. The maximum atomic E-state index is 10.5. The topological polar surface area (TPSA) is 20.2 Å². The van der Waals surface area contributed by atoms with Crippen LogP contribution in [0.15, 0.2) is 43.5 Å². The van der Waals surface area contributed by atoms with E-state index in [1.807, 2.05) is 0 Å². The molecule has 0 saturated heterocycles. The minimum atomic E-state index is -1.08. The van der Waals surface area contributed by atoms with Crippen LogP contribution in [0.25, 0.3) is 0 Å². The zero-order chi connectivity index (χ0) is 12.2. The second-order valence-electron chi connectivity index (χ2n) is 3.64. The Morgan fingerprint density at radius 2 is 1.75 bits per heavy atom. The Kier molecular flexibility index (Phi) is 4.60. The molecule has 0 radical (unpaired) electrons. The number of benzene rings is 1. The van der Waals surface area contributed by atoms with Crippen LogP contribution in [0.4, 0.5) is 0 Å². The summed E-state index contributed by atoms with van der Waals surface area (Å²) in [5.74, 6) is 0. The lowest BCUT2D eigenvalue weighted by Crippen LogP contribution is -2.24. The highest BCUT2D eigenvalue weighted by Crippen LogP contribution is 2.36. The van der Waals surface area contributed by atoms with E-state index >= 15 is 0 Å². The molecule has 0 aliphatic heterocycles. The first-order valence-electron chi connectivity index (χ1n) is 4.93. The van der Waals surface area contributed by atoms with E-state index < -0.39 is 5.60 Å². The van der Waals surface area contributed by atoms with E-state index in [9.17, 15) is 5.11 Å². The van der Waals surface area contributed by atoms with Crippen molar-refractivity contribution in [3.63, 3.8) is 0 Å². The second kappa shape index (κ2) is 5.53. The molecule has 1 aromatic rings. The Morgan fingerprint density at radius 1 is 1.19 bits per heavy atom. The van der Waals surface area contributed by atoms with Gasteiger partial charge in [0.05, 0.1) is 5.60 Å². The molecule has 1 rings (SSSR count). The van der Waals surface area contributed by atoms with E-state index in [0.717, 1.165) is 0 Å². The number of aliphatic hydroxyl groups is 1. The third-order valence-corrected chi connectivity index (χ3v) is 2.96. The number of hydrogen-bond acceptors (Lipinski definition) is 1. The van der Waals surface area contributed by atoms with Gasteiger partial charge < -0.3 is 5.11 Å². The fraction of sp³-hybridized carbons (Fsp3) is 0.231. The maximum Gasteiger partial charge on any atom is 0.0979 e. The van der Waals surface area contributed by atoms with Crippen LogP contribution < -0.4 is 0 Å². The normalized spacial score (nSPS) is 11.2. The number of rotatable bonds is 5. The molecule has 3 heteroatoms. The molecule has 0 saturated carbocycles. The minimum absolute atomic E-state index is 0.402. The molecule has 0 spiro atoms. The van der Waals surface area contributed by atoms with Gasteiger partial charge in [-0.15, -0.1) is 13.2 Å². The molecule has 1 N–H and O–H groups in total. The lowest BCUT2D eigenvalue weighted by atomic mass is 9.87. The van der Waals surface area contributed by atoms with Crippen LogP contribution in [0, 0.1) is 0 Å². The summed E-state index contributed by atoms with van der Waals surface area (Å²) in [6.45, 7) is 7.27. The van der Waals surface area contributed by atoms with Gasteiger partial charge in [0.2, 0.25) is 0 Å². The zero-order valence-corrected chi connectivity index (χ0v) is 10.4. The molecule has 0 aliphatic carbocycles. The molecule has 16 heavy (non-hydrogen) atoms. The monoisotopic (exact) mass is 256 g/mol. The number of halogens is 2. The Morgan fingerprint density at radius 3 is 2.25 bits per heavy atom. The van der Waals surface area contributed by atoms with Crippen molar-refractivity contribution in [2.45, 2.75) is 18.4 Å². The van der Waals surface area contributed by atoms with Crippen molar-refractivity contribution in [2.24, 2.45) is 0 Å². The van der Waals surface area contributed by atoms with Crippen LogP contribution in [-0.2, 0) is 5.60 Å². The van der Waals surface area contributed by atoms with Crippen LogP contribution in [-0.4, -0.2) is 5.11 Å². The van der Waals surface area contributed by atoms with E-state index in [-0.39, 0.29) is 0 Å². The highest BCUT2D eigenvalue weighted by atomic mass is 35.5. The molecule has 0 atom stereocenters. The summed E-state index contributed by atoms with van der Waals surface area (Å²) < 4.78 is 0. The molecular weight excluding hydrogens is 243 g/mol. The summed E-state index contributed by atoms with van der Waals surface area (Å²) in [6, 6.07) is 5.04. The Hall–Kier alpha value is -0.760. The first-order valence-corrected chi connectivity index (χ1v) is 5.69. The number of hydrogen-bond donors (Lipinski definition) is 1. The van der Waals surface area contributed by atoms with Crippen LogP contribution in [0.1, 0.15) is 18.4 Å². The third-order valence-electron chi connectivity index (χ3n) is 2.39. The van der Waals surface area contributed by atoms with E-state index in [0.29, 0.717) is 28.5 Å². The summed E-state index contributed by atoms with van der Waals surface area (Å²) in [5.41, 5.74) is -0.465. The lowest BCUT2D eigenvalue weighted by molar-refractivity contribution is 0.0431. The third kappa shape index (κ3) is 2.88. The summed E-state index contributed by atoms with van der Waals surface area (Å²) in [6.07, 6.45) is 4.11. The van der Waals surface area contributed by atoms with Crippen LogP contribution in [0.5, 0.6) is 0 Å². The predicted octanol–water partition coefficient (Wildman–Crippen LogP) is 4.33. The Bertz CT molecular complexity index is 389. The van der Waals surface area contributed by atoms with Crippen molar-refractivity contribution in [2.75, 3.05) is 0 Å². The zero-order valence-electron chi connectivity index (χ0n) is 8.92. The van der Waals surface area contributed by atoms with Gasteiger partial charge in [0.1, 0.15) is 0 Å². The summed E-state index contributed by atoms with van der Waals surface area (Å²) in [4.78, 5) is 0. The molecule has 0 amide bonds. The summed E-state index contributed by atoms with van der Waals surface area (Å²) >= 11 is 12.0. The maximum absolute atomic E-state index is 10.5. The molecule has 0 bridgehead atoms. The van der Waals surface area contributed by atoms with Crippen molar-refractivity contribution < 1.29 is 5.11 Å². The van der Waals surface area contributed by atoms with E-state index in [2.05, 4.69) is 13.2 Å². The average molecular weight is 257 g/mol. The Labute approximate surface area is 106 Å². The minimum Gasteiger partial charge on any atom is -0.384 e. The first-order chi connectivity index (χ1) is 7.53. The molecule has 0 fully saturated rings. The van der Waals surface area contributed by atoms with Crippen molar-refractivity contribution in [3.05, 3.63) is 59.1 Å². The van der Waals surface area contributed by atoms with Crippen LogP contribution >= 0.6 is 23.2 Å². The van der Waals surface area contributed by atoms with Gasteiger partial charge in [0, 0.05) is 15.6 Å². The van der Waals surface area contributed by atoms with Crippen LogP contribution in [0.2, 0.25) is 10.0 Å². The van der Waals surface area contributed by atoms with Crippen molar-refractivity contribution in [1.82, 2.24) is 0 Å². The van der Waals surface area contributed by atoms with Gasteiger partial charge in [-0.25, -0.2) is 0 Å². The highest BCUT2D eigenvalue weighted by molar-refractivity contribution is 6.33. The first kappa shape index (κ1) is 13.3. The summed E-state index contributed by atoms with van der Waals surface area (Å²) in [7, 11) is 0. The molecule has 0 aliphatic rings. The van der Waals surface area contributed by atoms with Crippen molar-refractivity contribution >= 4 is 23.2 Å². The predicted molar refractivity (Wildman–Crippen MR) is 70.0 cm³/mol. The fourth-order valence-electron chi connectivity index (χ4n) is 1.63. The van der Waals surface area contributed by atoms with Gasteiger partial charge >= 0.3 is 0 Å². The van der Waals surface area contributed by atoms with Crippen LogP contribution in [0.3, 0.4) is 0 Å². The highest BCUT2D eigenvalue weighted by Gasteiger charge is 2.28. The van der Waals surface area contributed by atoms with Gasteiger partial charge in [-0.3, -0.25) is 0 Å². The second-order valence-corrected chi connectivity index (χ2v) is 4.48. The lowest BCUT2D eigenvalue weighted by Gasteiger charge is -2.27. The standard InChI is InChI=1S/C13H14Cl2O/c1-3-7-13(16,8-4-2)11-9-10(14)5-6-12(11)15/h3-6,9,16H,1-2,7-8H2. The smallest absolute Gasteiger partial charge is 0.0979 e. The molecule has 0 aromatic heterocycles. The molecule has 1 nitrogen and oxygen atoms in total. The van der Waals surface area contributed by atoms with E-state index in [1.54, 1.807) is 30.4 Å². The Balaban J connectivity index is 3.23. The molecular formula is C13H14Cl2O. The van der Waals surface area contributed by atoms with Gasteiger partial charge in [0.15, 0.2) is 0 Å². The SMILES string of the molecule is C=CCC(O)(CC=C)c1cc(Cl)ccc1Cl. The quantitative estimate of drug-likeness (QED) is 0.778. The van der Waals surface area contributed by atoms with E-state index in [4.69, 9.17) is 23.2 Å². The van der Waals surface area contributed by atoms with Gasteiger partial charge in [0.25, 0.3) is 0 Å². The van der Waals surface area contributed by atoms with Gasteiger partial charge in [-0.05, 0) is 31.0 Å².